The van der Waals surface area contributed by atoms with Crippen LogP contribution in [0.3, 0.4) is 0 Å². The van der Waals surface area contributed by atoms with Crippen molar-refractivity contribution < 1.29 is 0 Å². The molecule has 0 aliphatic carbocycles. The molecule has 2 nitrogen and oxygen atoms in total. The van der Waals surface area contributed by atoms with E-state index in [-0.39, 0.29) is 6.04 Å². The fraction of sp³-hybridized carbons (Fsp3) is 0.647. The summed E-state index contributed by atoms with van der Waals surface area (Å²) in [5.74, 6) is 0. The summed E-state index contributed by atoms with van der Waals surface area (Å²) in [7, 11) is 0. The summed E-state index contributed by atoms with van der Waals surface area (Å²) in [6.45, 7) is 8.29. The Labute approximate surface area is 131 Å². The van der Waals surface area contributed by atoms with Crippen LogP contribution in [0.4, 0.5) is 0 Å². The molecule has 1 aliphatic rings. The summed E-state index contributed by atoms with van der Waals surface area (Å²) in [5.41, 5.74) is 8.13. The zero-order valence-corrected chi connectivity index (χ0v) is 14.3. The molecule has 3 heteroatoms. The van der Waals surface area contributed by atoms with Gasteiger partial charge in [-0.3, -0.25) is 0 Å². The first-order valence-electron chi connectivity index (χ1n) is 7.82. The van der Waals surface area contributed by atoms with Gasteiger partial charge in [-0.1, -0.05) is 41.9 Å². The van der Waals surface area contributed by atoms with Crippen molar-refractivity contribution in [2.24, 2.45) is 11.1 Å². The van der Waals surface area contributed by atoms with Crippen molar-refractivity contribution in [1.29, 1.82) is 0 Å². The Morgan fingerprint density at radius 3 is 2.45 bits per heavy atom. The van der Waals surface area contributed by atoms with Gasteiger partial charge in [0.15, 0.2) is 0 Å². The van der Waals surface area contributed by atoms with Gasteiger partial charge in [-0.05, 0) is 61.9 Å². The molecule has 0 spiro atoms. The summed E-state index contributed by atoms with van der Waals surface area (Å²) < 4.78 is 1.11. The molecule has 1 unspecified atom stereocenters. The van der Waals surface area contributed by atoms with Gasteiger partial charge >= 0.3 is 0 Å². The Morgan fingerprint density at radius 2 is 1.90 bits per heavy atom. The zero-order chi connectivity index (χ0) is 14.6. The number of likely N-dealkylation sites (tertiary alicyclic amines) is 1. The highest BCUT2D eigenvalue weighted by molar-refractivity contribution is 9.10. The van der Waals surface area contributed by atoms with E-state index in [9.17, 15) is 0 Å². The van der Waals surface area contributed by atoms with Gasteiger partial charge in [-0.25, -0.2) is 0 Å². The van der Waals surface area contributed by atoms with Crippen LogP contribution in [0.15, 0.2) is 28.7 Å². The van der Waals surface area contributed by atoms with E-state index >= 15 is 0 Å². The van der Waals surface area contributed by atoms with Crippen LogP contribution in [0.25, 0.3) is 0 Å². The summed E-state index contributed by atoms with van der Waals surface area (Å²) in [4.78, 5) is 2.60. The fourth-order valence-corrected chi connectivity index (χ4v) is 3.51. The van der Waals surface area contributed by atoms with Crippen molar-refractivity contribution in [2.75, 3.05) is 19.6 Å². The summed E-state index contributed by atoms with van der Waals surface area (Å²) in [5, 5.41) is 0. The highest BCUT2D eigenvalue weighted by atomic mass is 79.9. The highest BCUT2D eigenvalue weighted by Crippen LogP contribution is 2.37. The van der Waals surface area contributed by atoms with Gasteiger partial charge in [0, 0.05) is 17.1 Å². The molecule has 1 heterocycles. The Hall–Kier alpha value is -0.380. The van der Waals surface area contributed by atoms with Crippen LogP contribution in [0.5, 0.6) is 0 Å². The number of nitrogens with zero attached hydrogens (tertiary/aromatic N) is 1. The van der Waals surface area contributed by atoms with Crippen LogP contribution in [0, 0.1) is 5.41 Å². The standard InChI is InChI=1S/C17H27BrN2/c1-3-17(4-2)10-12-20(13-17)11-9-16(19)14-5-7-15(18)8-6-14/h5-8,16H,3-4,9-13,19H2,1-2H3. The number of hydrogen-bond donors (Lipinski definition) is 1. The van der Waals surface area contributed by atoms with Crippen molar-refractivity contribution in [3.8, 4) is 0 Å². The van der Waals surface area contributed by atoms with E-state index in [2.05, 4.69) is 58.9 Å². The minimum absolute atomic E-state index is 0.154. The molecule has 2 rings (SSSR count). The number of nitrogens with two attached hydrogens (primary N) is 1. The lowest BCUT2D eigenvalue weighted by Crippen LogP contribution is -2.29. The van der Waals surface area contributed by atoms with E-state index in [1.807, 2.05) is 0 Å². The summed E-state index contributed by atoms with van der Waals surface area (Å²) >= 11 is 3.47. The monoisotopic (exact) mass is 338 g/mol. The van der Waals surface area contributed by atoms with Crippen LogP contribution < -0.4 is 5.73 Å². The highest BCUT2D eigenvalue weighted by Gasteiger charge is 2.34. The second-order valence-electron chi connectivity index (χ2n) is 6.18. The van der Waals surface area contributed by atoms with Crippen molar-refractivity contribution in [1.82, 2.24) is 4.90 Å². The molecule has 1 saturated heterocycles. The molecular formula is C17H27BrN2. The predicted octanol–water partition coefficient (Wildman–Crippen LogP) is 4.35. The quantitative estimate of drug-likeness (QED) is 0.835. The number of halogens is 1. The van der Waals surface area contributed by atoms with Crippen LogP contribution >= 0.6 is 15.9 Å². The van der Waals surface area contributed by atoms with E-state index in [0.29, 0.717) is 5.41 Å². The van der Waals surface area contributed by atoms with E-state index in [0.717, 1.165) is 17.4 Å². The molecule has 1 aromatic rings. The maximum atomic E-state index is 6.31. The van der Waals surface area contributed by atoms with Gasteiger partial charge in [-0.2, -0.15) is 0 Å². The SMILES string of the molecule is CCC1(CC)CCN(CCC(N)c2ccc(Br)cc2)C1. The summed E-state index contributed by atoms with van der Waals surface area (Å²) in [6.07, 6.45) is 5.01. The minimum atomic E-state index is 0.154. The van der Waals surface area contributed by atoms with Gasteiger partial charge in [0.25, 0.3) is 0 Å². The van der Waals surface area contributed by atoms with E-state index in [1.54, 1.807) is 0 Å². The molecule has 1 aromatic carbocycles. The smallest absolute Gasteiger partial charge is 0.0307 e. The Morgan fingerprint density at radius 1 is 1.25 bits per heavy atom. The molecule has 112 valence electrons. The zero-order valence-electron chi connectivity index (χ0n) is 12.7. The second-order valence-corrected chi connectivity index (χ2v) is 7.10. The van der Waals surface area contributed by atoms with Crippen molar-refractivity contribution >= 4 is 15.9 Å². The van der Waals surface area contributed by atoms with Gasteiger partial charge in [-0.15, -0.1) is 0 Å². The summed E-state index contributed by atoms with van der Waals surface area (Å²) in [6, 6.07) is 8.55. The third kappa shape index (κ3) is 3.84. The van der Waals surface area contributed by atoms with E-state index in [4.69, 9.17) is 5.73 Å². The number of hydrogen-bond acceptors (Lipinski definition) is 2. The third-order valence-electron chi connectivity index (χ3n) is 5.07. The predicted molar refractivity (Wildman–Crippen MR) is 89.8 cm³/mol. The van der Waals surface area contributed by atoms with Crippen LogP contribution in [0.1, 0.15) is 51.1 Å². The molecule has 1 atom stereocenters. The average Bonchev–Trinajstić information content (AvgIpc) is 2.90. The normalized spacial score (nSPS) is 20.2. The molecule has 1 fully saturated rings. The molecule has 1 aliphatic heterocycles. The largest absolute Gasteiger partial charge is 0.324 e. The Bertz CT molecular complexity index is 412. The molecular weight excluding hydrogens is 312 g/mol. The minimum Gasteiger partial charge on any atom is -0.324 e. The van der Waals surface area contributed by atoms with Gasteiger partial charge < -0.3 is 10.6 Å². The lowest BCUT2D eigenvalue weighted by atomic mass is 9.82. The Balaban J connectivity index is 1.82. The molecule has 0 amide bonds. The maximum Gasteiger partial charge on any atom is 0.0307 e. The first kappa shape index (κ1) is 16.0. The molecule has 20 heavy (non-hydrogen) atoms. The molecule has 0 aromatic heterocycles. The van der Waals surface area contributed by atoms with E-state index < -0.39 is 0 Å². The van der Waals surface area contributed by atoms with E-state index in [1.165, 1.54) is 37.9 Å². The average molecular weight is 339 g/mol. The van der Waals surface area contributed by atoms with Crippen LogP contribution in [0.2, 0.25) is 0 Å². The molecule has 0 bridgehead atoms. The van der Waals surface area contributed by atoms with Gasteiger partial charge in [0.2, 0.25) is 0 Å². The second kappa shape index (κ2) is 7.06. The molecule has 2 N–H and O–H groups in total. The third-order valence-corrected chi connectivity index (χ3v) is 5.60. The number of benzene rings is 1. The van der Waals surface area contributed by atoms with Crippen molar-refractivity contribution in [3.05, 3.63) is 34.3 Å². The lowest BCUT2D eigenvalue weighted by Gasteiger charge is -2.27. The van der Waals surface area contributed by atoms with Gasteiger partial charge in [0.1, 0.15) is 0 Å². The van der Waals surface area contributed by atoms with Crippen LogP contribution in [-0.4, -0.2) is 24.5 Å². The first-order valence-corrected chi connectivity index (χ1v) is 8.61. The van der Waals surface area contributed by atoms with Crippen LogP contribution in [-0.2, 0) is 0 Å². The first-order chi connectivity index (χ1) is 9.58. The Kier molecular flexibility index (Phi) is 5.65. The fourth-order valence-electron chi connectivity index (χ4n) is 3.24. The number of rotatable bonds is 6. The van der Waals surface area contributed by atoms with Crippen molar-refractivity contribution in [3.63, 3.8) is 0 Å². The van der Waals surface area contributed by atoms with Crippen molar-refractivity contribution in [2.45, 2.75) is 45.6 Å². The molecule has 0 saturated carbocycles. The lowest BCUT2D eigenvalue weighted by molar-refractivity contribution is 0.236. The van der Waals surface area contributed by atoms with Gasteiger partial charge in [0.05, 0.1) is 0 Å². The topological polar surface area (TPSA) is 29.3 Å². The maximum absolute atomic E-state index is 6.31. The molecule has 0 radical (unpaired) electrons.